The Kier molecular flexibility index (Phi) is 3.20. The molecule has 3 nitrogen and oxygen atoms in total. The summed E-state index contributed by atoms with van der Waals surface area (Å²) in [4.78, 5) is 0.292. The van der Waals surface area contributed by atoms with Gasteiger partial charge in [-0.2, -0.15) is 4.72 Å². The highest BCUT2D eigenvalue weighted by molar-refractivity contribution is 7.89. The number of hydrogen-bond acceptors (Lipinski definition) is 2. The molecule has 0 amide bonds. The maximum absolute atomic E-state index is 12.4. The fourth-order valence-corrected chi connectivity index (χ4v) is 3.48. The number of fused-ring (bicyclic) bond motifs is 1. The summed E-state index contributed by atoms with van der Waals surface area (Å²) < 4.78 is 27.5. The molecule has 0 radical (unpaired) electrons. The van der Waals surface area contributed by atoms with Crippen molar-refractivity contribution in [1.82, 2.24) is 4.72 Å². The van der Waals surface area contributed by atoms with Crippen molar-refractivity contribution in [1.29, 1.82) is 0 Å². The lowest BCUT2D eigenvalue weighted by Crippen LogP contribution is -2.26. The van der Waals surface area contributed by atoms with Crippen LogP contribution in [0.3, 0.4) is 0 Å². The third kappa shape index (κ3) is 2.40. The zero-order chi connectivity index (χ0) is 14.2. The van der Waals surface area contributed by atoms with Gasteiger partial charge in [-0.15, -0.1) is 0 Å². The monoisotopic (exact) mass is 285 g/mol. The Hall–Kier alpha value is -1.91. The highest BCUT2D eigenvalue weighted by Gasteiger charge is 2.23. The molecule has 102 valence electrons. The van der Waals surface area contributed by atoms with Gasteiger partial charge >= 0.3 is 0 Å². The number of nitrogens with one attached hydrogen (secondary N) is 1. The van der Waals surface area contributed by atoms with Crippen LogP contribution in [0.15, 0.2) is 59.5 Å². The van der Waals surface area contributed by atoms with Crippen molar-refractivity contribution < 1.29 is 8.42 Å². The zero-order valence-corrected chi connectivity index (χ0v) is 11.9. The van der Waals surface area contributed by atoms with Crippen LogP contribution in [-0.2, 0) is 10.0 Å². The highest BCUT2D eigenvalue weighted by atomic mass is 32.2. The molecule has 2 aromatic carbocycles. The molecule has 2 aromatic rings. The van der Waals surface area contributed by atoms with E-state index in [4.69, 9.17) is 0 Å². The Morgan fingerprint density at radius 3 is 2.45 bits per heavy atom. The van der Waals surface area contributed by atoms with Gasteiger partial charge in [-0.1, -0.05) is 54.1 Å². The van der Waals surface area contributed by atoms with E-state index in [0.29, 0.717) is 4.90 Å². The van der Waals surface area contributed by atoms with Crippen LogP contribution in [0.2, 0.25) is 0 Å². The van der Waals surface area contributed by atoms with Crippen molar-refractivity contribution in [2.24, 2.45) is 0 Å². The normalized spacial score (nSPS) is 17.1. The Morgan fingerprint density at radius 2 is 1.70 bits per heavy atom. The Bertz CT molecular complexity index is 761. The molecule has 1 atom stereocenters. The summed E-state index contributed by atoms with van der Waals surface area (Å²) in [7, 11) is -3.50. The largest absolute Gasteiger partial charge is 0.241 e. The molecule has 0 aliphatic heterocycles. The quantitative estimate of drug-likeness (QED) is 0.942. The molecular weight excluding hydrogens is 270 g/mol. The molecule has 0 aromatic heterocycles. The Morgan fingerprint density at radius 1 is 1.00 bits per heavy atom. The number of hydrogen-bond donors (Lipinski definition) is 1. The molecule has 0 saturated heterocycles. The van der Waals surface area contributed by atoms with Gasteiger partial charge in [0.25, 0.3) is 0 Å². The lowest BCUT2D eigenvalue weighted by Gasteiger charge is -2.14. The van der Waals surface area contributed by atoms with Gasteiger partial charge in [-0.05, 0) is 30.2 Å². The van der Waals surface area contributed by atoms with E-state index >= 15 is 0 Å². The zero-order valence-electron chi connectivity index (χ0n) is 11.1. The molecule has 1 aliphatic carbocycles. The van der Waals surface area contributed by atoms with E-state index < -0.39 is 10.0 Å². The first-order valence-electron chi connectivity index (χ1n) is 6.42. The fourth-order valence-electron chi connectivity index (χ4n) is 2.30. The lowest BCUT2D eigenvalue weighted by atomic mass is 10.1. The van der Waals surface area contributed by atoms with Gasteiger partial charge in [0.05, 0.1) is 10.9 Å². The highest BCUT2D eigenvalue weighted by Crippen LogP contribution is 2.29. The summed E-state index contributed by atoms with van der Waals surface area (Å²) >= 11 is 0. The molecule has 1 aliphatic rings. The molecule has 1 N–H and O–H groups in total. The molecule has 0 spiro atoms. The van der Waals surface area contributed by atoms with E-state index in [9.17, 15) is 8.42 Å². The van der Waals surface area contributed by atoms with Crippen LogP contribution in [0.25, 0.3) is 6.08 Å². The molecule has 0 saturated carbocycles. The Labute approximate surface area is 119 Å². The first-order chi connectivity index (χ1) is 9.56. The third-order valence-corrected chi connectivity index (χ3v) is 4.87. The minimum atomic E-state index is -3.50. The average Bonchev–Trinajstić information content (AvgIpc) is 2.82. The smallest absolute Gasteiger partial charge is 0.207 e. The molecule has 20 heavy (non-hydrogen) atoms. The van der Waals surface area contributed by atoms with Crippen LogP contribution < -0.4 is 4.72 Å². The van der Waals surface area contributed by atoms with Crippen molar-refractivity contribution in [3.8, 4) is 0 Å². The van der Waals surface area contributed by atoms with Gasteiger partial charge in [0.2, 0.25) is 10.0 Å². The topological polar surface area (TPSA) is 46.2 Å². The number of aryl methyl sites for hydroxylation is 1. The number of sulfonamides is 1. The predicted octanol–water partition coefficient (Wildman–Crippen LogP) is 3.04. The van der Waals surface area contributed by atoms with Gasteiger partial charge in [0.15, 0.2) is 0 Å². The lowest BCUT2D eigenvalue weighted by molar-refractivity contribution is 0.575. The van der Waals surface area contributed by atoms with Crippen LogP contribution in [-0.4, -0.2) is 8.42 Å². The SMILES string of the molecule is Cc1ccc(S(=O)(=O)N[C@H]2C=Cc3ccccc32)cc1. The minimum Gasteiger partial charge on any atom is -0.207 e. The second kappa shape index (κ2) is 4.89. The molecule has 0 fully saturated rings. The third-order valence-electron chi connectivity index (χ3n) is 3.41. The maximum Gasteiger partial charge on any atom is 0.241 e. The molecule has 0 bridgehead atoms. The standard InChI is InChI=1S/C16H15NO2S/c1-12-6-9-14(10-7-12)20(18,19)17-16-11-8-13-4-2-3-5-15(13)16/h2-11,16-17H,1H3/t16-/m0/s1. The second-order valence-electron chi connectivity index (χ2n) is 4.90. The van der Waals surface area contributed by atoms with Gasteiger partial charge in [0.1, 0.15) is 0 Å². The summed E-state index contributed by atoms with van der Waals surface area (Å²) in [5.41, 5.74) is 3.09. The van der Waals surface area contributed by atoms with Crippen LogP contribution in [0, 0.1) is 6.92 Å². The van der Waals surface area contributed by atoms with Crippen molar-refractivity contribution in [3.05, 3.63) is 71.3 Å². The van der Waals surface area contributed by atoms with Crippen LogP contribution in [0.1, 0.15) is 22.7 Å². The molecule has 3 rings (SSSR count). The van der Waals surface area contributed by atoms with Crippen LogP contribution in [0.5, 0.6) is 0 Å². The predicted molar refractivity (Wildman–Crippen MR) is 79.7 cm³/mol. The van der Waals surface area contributed by atoms with E-state index in [1.54, 1.807) is 24.3 Å². The maximum atomic E-state index is 12.4. The van der Waals surface area contributed by atoms with Crippen molar-refractivity contribution in [2.45, 2.75) is 17.9 Å². The summed E-state index contributed by atoms with van der Waals surface area (Å²) in [6.45, 7) is 1.93. The first kappa shape index (κ1) is 13.1. The van der Waals surface area contributed by atoms with Gasteiger partial charge < -0.3 is 0 Å². The van der Waals surface area contributed by atoms with Crippen molar-refractivity contribution in [3.63, 3.8) is 0 Å². The molecule has 0 heterocycles. The number of benzene rings is 2. The van der Waals surface area contributed by atoms with E-state index in [2.05, 4.69) is 4.72 Å². The van der Waals surface area contributed by atoms with E-state index in [-0.39, 0.29) is 6.04 Å². The van der Waals surface area contributed by atoms with E-state index in [1.807, 2.05) is 43.3 Å². The summed E-state index contributed by atoms with van der Waals surface area (Å²) in [6, 6.07) is 14.3. The molecule has 0 unspecified atom stereocenters. The summed E-state index contributed by atoms with van der Waals surface area (Å²) in [5.74, 6) is 0. The van der Waals surface area contributed by atoms with Crippen LogP contribution >= 0.6 is 0 Å². The summed E-state index contributed by atoms with van der Waals surface area (Å²) in [6.07, 6.45) is 3.81. The molecule has 4 heteroatoms. The van der Waals surface area contributed by atoms with Gasteiger partial charge in [-0.3, -0.25) is 0 Å². The van der Waals surface area contributed by atoms with Crippen molar-refractivity contribution >= 4 is 16.1 Å². The van der Waals surface area contributed by atoms with Gasteiger partial charge in [0, 0.05) is 0 Å². The number of rotatable bonds is 3. The Balaban J connectivity index is 1.89. The van der Waals surface area contributed by atoms with Crippen LogP contribution in [0.4, 0.5) is 0 Å². The fraction of sp³-hybridized carbons (Fsp3) is 0.125. The van der Waals surface area contributed by atoms with Gasteiger partial charge in [-0.25, -0.2) is 8.42 Å². The average molecular weight is 285 g/mol. The van der Waals surface area contributed by atoms with Crippen molar-refractivity contribution in [2.75, 3.05) is 0 Å². The first-order valence-corrected chi connectivity index (χ1v) is 7.91. The molecular formula is C16H15NO2S. The van der Waals surface area contributed by atoms with E-state index in [0.717, 1.165) is 16.7 Å². The second-order valence-corrected chi connectivity index (χ2v) is 6.61. The van der Waals surface area contributed by atoms with E-state index in [1.165, 1.54) is 0 Å². The minimum absolute atomic E-state index is 0.292. The summed E-state index contributed by atoms with van der Waals surface area (Å²) in [5, 5.41) is 0.